The second kappa shape index (κ2) is 3.64. The second-order valence-electron chi connectivity index (χ2n) is 2.93. The molecule has 14 heavy (non-hydrogen) atoms. The number of nitrogens with zero attached hydrogens (tertiary/aromatic N) is 3. The molecule has 0 fully saturated rings. The van der Waals surface area contributed by atoms with E-state index in [0.717, 1.165) is 4.60 Å². The highest BCUT2D eigenvalue weighted by Gasteiger charge is 2.09. The lowest BCUT2D eigenvalue weighted by atomic mass is 10.2. The van der Waals surface area contributed by atoms with Gasteiger partial charge in [0.25, 0.3) is 0 Å². The first-order valence-corrected chi connectivity index (χ1v) is 4.86. The average molecular weight is 257 g/mol. The van der Waals surface area contributed by atoms with Gasteiger partial charge in [-0.05, 0) is 15.9 Å². The number of hydrogen-bond donors (Lipinski definition) is 2. The maximum Gasteiger partial charge on any atom is 0.155 e. The van der Waals surface area contributed by atoms with Gasteiger partial charge >= 0.3 is 0 Å². The Morgan fingerprint density at radius 3 is 3.07 bits per heavy atom. The van der Waals surface area contributed by atoms with E-state index < -0.39 is 6.04 Å². The monoisotopic (exact) mass is 256 g/mol. The van der Waals surface area contributed by atoms with Gasteiger partial charge in [-0.1, -0.05) is 0 Å². The van der Waals surface area contributed by atoms with E-state index >= 15 is 0 Å². The summed E-state index contributed by atoms with van der Waals surface area (Å²) in [5.74, 6) is 0. The number of rotatable bonds is 2. The molecule has 0 amide bonds. The third-order valence-electron chi connectivity index (χ3n) is 1.91. The van der Waals surface area contributed by atoms with Gasteiger partial charge in [-0.3, -0.25) is 0 Å². The molecule has 3 N–H and O–H groups in total. The molecule has 0 aliphatic rings. The lowest BCUT2D eigenvalue weighted by molar-refractivity contribution is 0.266. The molecule has 0 spiro atoms. The minimum atomic E-state index is -0.436. The lowest BCUT2D eigenvalue weighted by Gasteiger charge is -2.00. The average Bonchev–Trinajstić information content (AvgIpc) is 2.59. The third kappa shape index (κ3) is 1.63. The predicted molar refractivity (Wildman–Crippen MR) is 54.7 cm³/mol. The molecule has 2 heterocycles. The van der Waals surface area contributed by atoms with E-state index in [1.807, 2.05) is 4.40 Å². The smallest absolute Gasteiger partial charge is 0.155 e. The summed E-state index contributed by atoms with van der Waals surface area (Å²) in [4.78, 5) is 8.26. The Labute approximate surface area is 88.7 Å². The van der Waals surface area contributed by atoms with Gasteiger partial charge in [-0.25, -0.2) is 9.97 Å². The van der Waals surface area contributed by atoms with Crippen molar-refractivity contribution in [2.45, 2.75) is 6.04 Å². The van der Waals surface area contributed by atoms with E-state index in [2.05, 4.69) is 25.9 Å². The SMILES string of the molecule is NC(CO)c1cn2cc(Br)ncc2n1. The molecule has 2 rings (SSSR count). The van der Waals surface area contributed by atoms with Crippen LogP contribution in [0, 0.1) is 0 Å². The van der Waals surface area contributed by atoms with Gasteiger partial charge in [0.2, 0.25) is 0 Å². The minimum absolute atomic E-state index is 0.113. The first-order valence-electron chi connectivity index (χ1n) is 4.07. The van der Waals surface area contributed by atoms with E-state index in [9.17, 15) is 0 Å². The van der Waals surface area contributed by atoms with Crippen molar-refractivity contribution in [2.75, 3.05) is 6.61 Å². The highest BCUT2D eigenvalue weighted by atomic mass is 79.9. The molecule has 1 unspecified atom stereocenters. The molecule has 5 nitrogen and oxygen atoms in total. The van der Waals surface area contributed by atoms with Crippen LogP contribution in [0.2, 0.25) is 0 Å². The maximum atomic E-state index is 8.87. The van der Waals surface area contributed by atoms with Crippen LogP contribution in [0.5, 0.6) is 0 Å². The number of nitrogens with two attached hydrogens (primary N) is 1. The van der Waals surface area contributed by atoms with Crippen LogP contribution in [0.15, 0.2) is 23.2 Å². The highest BCUT2D eigenvalue weighted by molar-refractivity contribution is 9.10. The number of hydrogen-bond acceptors (Lipinski definition) is 4. The van der Waals surface area contributed by atoms with E-state index in [1.54, 1.807) is 18.6 Å². The van der Waals surface area contributed by atoms with Crippen LogP contribution in [0.1, 0.15) is 11.7 Å². The van der Waals surface area contributed by atoms with E-state index in [4.69, 9.17) is 10.8 Å². The molecule has 0 radical (unpaired) electrons. The van der Waals surface area contributed by atoms with Crippen LogP contribution in [0.25, 0.3) is 5.65 Å². The fraction of sp³-hybridized carbons (Fsp3) is 0.250. The summed E-state index contributed by atoms with van der Waals surface area (Å²) in [5.41, 5.74) is 7.01. The number of aliphatic hydroxyl groups is 1. The van der Waals surface area contributed by atoms with Crippen LogP contribution in [-0.4, -0.2) is 26.1 Å². The van der Waals surface area contributed by atoms with Crippen LogP contribution in [-0.2, 0) is 0 Å². The van der Waals surface area contributed by atoms with Crippen molar-refractivity contribution in [1.29, 1.82) is 0 Å². The molecule has 0 saturated carbocycles. The van der Waals surface area contributed by atoms with Crippen molar-refractivity contribution >= 4 is 21.6 Å². The van der Waals surface area contributed by atoms with Crippen LogP contribution in [0.4, 0.5) is 0 Å². The molecule has 1 atom stereocenters. The fourth-order valence-electron chi connectivity index (χ4n) is 1.17. The van der Waals surface area contributed by atoms with Crippen molar-refractivity contribution in [3.05, 3.63) is 28.9 Å². The van der Waals surface area contributed by atoms with Crippen LogP contribution < -0.4 is 5.73 Å². The van der Waals surface area contributed by atoms with Gasteiger partial charge in [0, 0.05) is 12.4 Å². The van der Waals surface area contributed by atoms with Crippen LogP contribution in [0.3, 0.4) is 0 Å². The molecular weight excluding hydrogens is 248 g/mol. The van der Waals surface area contributed by atoms with Gasteiger partial charge in [0.1, 0.15) is 4.60 Å². The molecule has 2 aromatic rings. The normalized spacial score (nSPS) is 13.4. The van der Waals surface area contributed by atoms with E-state index in [-0.39, 0.29) is 6.61 Å². The van der Waals surface area contributed by atoms with Gasteiger partial charge < -0.3 is 15.2 Å². The van der Waals surface area contributed by atoms with Gasteiger partial charge in [-0.15, -0.1) is 0 Å². The third-order valence-corrected chi connectivity index (χ3v) is 2.31. The predicted octanol–water partition coefficient (Wildman–Crippen LogP) is 0.484. The molecule has 74 valence electrons. The molecule has 2 aromatic heterocycles. The Morgan fingerprint density at radius 1 is 1.57 bits per heavy atom. The molecule has 0 aliphatic carbocycles. The Hall–Kier alpha value is -0.980. The number of imidazole rings is 1. The lowest BCUT2D eigenvalue weighted by Crippen LogP contribution is -2.14. The summed E-state index contributed by atoms with van der Waals surface area (Å²) in [6, 6.07) is -0.436. The summed E-state index contributed by atoms with van der Waals surface area (Å²) < 4.78 is 2.54. The van der Waals surface area contributed by atoms with Gasteiger partial charge in [0.15, 0.2) is 5.65 Å². The standard InChI is InChI=1S/C8H9BrN4O/c9-7-3-13-2-6(5(10)4-14)12-8(13)1-11-7/h1-3,5,14H,4,10H2. The topological polar surface area (TPSA) is 76.4 Å². The molecule has 0 aromatic carbocycles. The number of fused-ring (bicyclic) bond motifs is 1. The van der Waals surface area contributed by atoms with E-state index in [0.29, 0.717) is 11.3 Å². The fourth-order valence-corrected chi connectivity index (χ4v) is 1.49. The molecule has 0 aliphatic heterocycles. The summed E-state index contributed by atoms with van der Waals surface area (Å²) in [6.07, 6.45) is 5.20. The zero-order chi connectivity index (χ0) is 10.1. The first-order chi connectivity index (χ1) is 6.70. The summed E-state index contributed by atoms with van der Waals surface area (Å²) in [6.45, 7) is -0.113. The molecular formula is C8H9BrN4O. The Morgan fingerprint density at radius 2 is 2.36 bits per heavy atom. The number of aromatic nitrogens is 3. The summed E-state index contributed by atoms with van der Waals surface area (Å²) in [7, 11) is 0. The minimum Gasteiger partial charge on any atom is -0.394 e. The zero-order valence-electron chi connectivity index (χ0n) is 7.26. The molecule has 0 saturated heterocycles. The molecule has 6 heteroatoms. The largest absolute Gasteiger partial charge is 0.394 e. The zero-order valence-corrected chi connectivity index (χ0v) is 8.85. The van der Waals surface area contributed by atoms with Crippen molar-refractivity contribution < 1.29 is 5.11 Å². The van der Waals surface area contributed by atoms with Crippen molar-refractivity contribution in [2.24, 2.45) is 5.73 Å². The highest BCUT2D eigenvalue weighted by Crippen LogP contribution is 2.12. The quantitative estimate of drug-likeness (QED) is 0.820. The maximum absolute atomic E-state index is 8.87. The molecule has 0 bridgehead atoms. The van der Waals surface area contributed by atoms with E-state index in [1.165, 1.54) is 0 Å². The number of aliphatic hydroxyl groups excluding tert-OH is 1. The van der Waals surface area contributed by atoms with Gasteiger partial charge in [0.05, 0.1) is 24.5 Å². The Kier molecular flexibility index (Phi) is 2.49. The summed E-state index contributed by atoms with van der Waals surface area (Å²) >= 11 is 3.26. The van der Waals surface area contributed by atoms with Gasteiger partial charge in [-0.2, -0.15) is 0 Å². The van der Waals surface area contributed by atoms with Crippen molar-refractivity contribution in [1.82, 2.24) is 14.4 Å². The van der Waals surface area contributed by atoms with Crippen molar-refractivity contribution in [3.63, 3.8) is 0 Å². The van der Waals surface area contributed by atoms with Crippen LogP contribution >= 0.6 is 15.9 Å². The summed E-state index contributed by atoms with van der Waals surface area (Å²) in [5, 5.41) is 8.87. The Bertz CT molecular complexity index is 456. The second-order valence-corrected chi connectivity index (χ2v) is 3.74. The number of halogens is 1. The Balaban J connectivity index is 2.51. The first kappa shape index (κ1) is 9.57. The van der Waals surface area contributed by atoms with Crippen molar-refractivity contribution in [3.8, 4) is 0 Å².